The maximum atomic E-state index is 13.1. The van der Waals surface area contributed by atoms with Gasteiger partial charge in [-0.1, -0.05) is 0 Å². The minimum Gasteiger partial charge on any atom is -0.462 e. The summed E-state index contributed by atoms with van der Waals surface area (Å²) >= 11 is 1.23. The molecule has 0 radical (unpaired) electrons. The summed E-state index contributed by atoms with van der Waals surface area (Å²) in [5.74, 6) is -1.62. The summed E-state index contributed by atoms with van der Waals surface area (Å²) in [6.45, 7) is 2.32. The Balaban J connectivity index is 1.61. The smallest absolute Gasteiger partial charge is 0.341 e. The topological polar surface area (TPSA) is 92.8 Å². The number of carbonyl (C=O) groups excluding carboxylic acids is 2. The van der Waals surface area contributed by atoms with E-state index in [2.05, 4.69) is 5.32 Å². The highest BCUT2D eigenvalue weighted by atomic mass is 32.2. The van der Waals surface area contributed by atoms with E-state index in [0.717, 1.165) is 12.1 Å². The second-order valence-corrected chi connectivity index (χ2v) is 9.36. The van der Waals surface area contributed by atoms with Crippen molar-refractivity contribution in [2.24, 2.45) is 5.92 Å². The first kappa shape index (κ1) is 21.4. The lowest BCUT2D eigenvalue weighted by Crippen LogP contribution is -2.41. The number of piperidine rings is 1. The molecule has 1 aromatic heterocycles. The summed E-state index contributed by atoms with van der Waals surface area (Å²) in [6.07, 6.45) is 0.707. The van der Waals surface area contributed by atoms with E-state index in [9.17, 15) is 22.4 Å². The lowest BCUT2D eigenvalue weighted by atomic mass is 9.97. The zero-order chi connectivity index (χ0) is 21.0. The van der Waals surface area contributed by atoms with Gasteiger partial charge in [0.15, 0.2) is 0 Å². The van der Waals surface area contributed by atoms with Crippen LogP contribution in [0.3, 0.4) is 0 Å². The zero-order valence-corrected chi connectivity index (χ0v) is 17.4. The van der Waals surface area contributed by atoms with Crippen molar-refractivity contribution in [3.05, 3.63) is 47.1 Å². The van der Waals surface area contributed by atoms with Crippen molar-refractivity contribution < 1.29 is 27.1 Å². The number of sulfonamides is 1. The summed E-state index contributed by atoms with van der Waals surface area (Å²) < 4.78 is 44.7. The molecule has 3 rings (SSSR count). The largest absolute Gasteiger partial charge is 0.462 e. The van der Waals surface area contributed by atoms with Crippen LogP contribution in [-0.4, -0.2) is 44.3 Å². The second-order valence-electron chi connectivity index (χ2n) is 6.51. The van der Waals surface area contributed by atoms with E-state index < -0.39 is 21.8 Å². The Morgan fingerprint density at radius 1 is 1.21 bits per heavy atom. The third kappa shape index (κ3) is 4.82. The average molecular weight is 441 g/mol. The van der Waals surface area contributed by atoms with Gasteiger partial charge in [-0.25, -0.2) is 17.6 Å². The minimum absolute atomic E-state index is 0.0273. The van der Waals surface area contributed by atoms with Gasteiger partial charge in [-0.2, -0.15) is 4.31 Å². The van der Waals surface area contributed by atoms with E-state index >= 15 is 0 Å². The number of thiophene rings is 1. The molecule has 1 aliphatic rings. The monoisotopic (exact) mass is 440 g/mol. The summed E-state index contributed by atoms with van der Waals surface area (Å²) in [7, 11) is -3.73. The lowest BCUT2D eigenvalue weighted by molar-refractivity contribution is -0.120. The number of ether oxygens (including phenoxy) is 1. The number of nitrogens with zero attached hydrogens (tertiary/aromatic N) is 1. The first-order chi connectivity index (χ1) is 13.8. The van der Waals surface area contributed by atoms with Gasteiger partial charge in [0.25, 0.3) is 0 Å². The lowest BCUT2D eigenvalue weighted by Gasteiger charge is -2.30. The van der Waals surface area contributed by atoms with E-state index in [-0.39, 0.29) is 36.4 Å². The number of nitrogens with one attached hydrogen (secondary N) is 1. The third-order valence-electron chi connectivity index (χ3n) is 4.67. The molecular weight excluding hydrogens is 419 g/mol. The Morgan fingerprint density at radius 2 is 1.86 bits per heavy atom. The van der Waals surface area contributed by atoms with Crippen molar-refractivity contribution in [2.45, 2.75) is 24.7 Å². The molecule has 1 N–H and O–H groups in total. The van der Waals surface area contributed by atoms with E-state index in [4.69, 9.17) is 4.74 Å². The Hall–Kier alpha value is -2.30. The molecule has 1 aliphatic heterocycles. The molecule has 0 bridgehead atoms. The van der Waals surface area contributed by atoms with Crippen molar-refractivity contribution in [1.29, 1.82) is 0 Å². The average Bonchev–Trinajstić information content (AvgIpc) is 3.17. The Labute approximate surface area is 172 Å². The van der Waals surface area contributed by atoms with Crippen molar-refractivity contribution in [3.63, 3.8) is 0 Å². The normalized spacial score (nSPS) is 15.8. The molecular formula is C19H21FN2O5S2. The molecule has 29 heavy (non-hydrogen) atoms. The van der Waals surface area contributed by atoms with Gasteiger partial charge in [-0.05, 0) is 55.5 Å². The SMILES string of the molecule is CCOC(=O)c1ccsc1NC(=O)C1CCN(S(=O)(=O)c2ccc(F)cc2)CC1. The van der Waals surface area contributed by atoms with Crippen LogP contribution >= 0.6 is 11.3 Å². The molecule has 0 saturated carbocycles. The van der Waals surface area contributed by atoms with Crippen LogP contribution in [0.5, 0.6) is 0 Å². The molecule has 0 atom stereocenters. The number of carbonyl (C=O) groups is 2. The van der Waals surface area contributed by atoms with E-state index in [1.54, 1.807) is 18.4 Å². The molecule has 7 nitrogen and oxygen atoms in total. The van der Waals surface area contributed by atoms with Gasteiger partial charge in [0, 0.05) is 19.0 Å². The number of hydrogen-bond acceptors (Lipinski definition) is 6. The van der Waals surface area contributed by atoms with E-state index in [1.165, 1.54) is 27.8 Å². The molecule has 0 aliphatic carbocycles. The Bertz CT molecular complexity index is 980. The number of hydrogen-bond donors (Lipinski definition) is 1. The van der Waals surface area contributed by atoms with Gasteiger partial charge in [-0.3, -0.25) is 4.79 Å². The summed E-state index contributed by atoms with van der Waals surface area (Å²) in [5, 5.41) is 4.88. The molecule has 156 valence electrons. The van der Waals surface area contributed by atoms with Crippen LogP contribution in [0.4, 0.5) is 9.39 Å². The minimum atomic E-state index is -3.73. The third-order valence-corrected chi connectivity index (χ3v) is 7.42. The summed E-state index contributed by atoms with van der Waals surface area (Å²) in [4.78, 5) is 24.6. The van der Waals surface area contributed by atoms with Gasteiger partial charge >= 0.3 is 5.97 Å². The molecule has 2 heterocycles. The molecule has 10 heteroatoms. The van der Waals surface area contributed by atoms with Crippen LogP contribution in [0.25, 0.3) is 0 Å². The molecule has 1 saturated heterocycles. The number of anilines is 1. The van der Waals surface area contributed by atoms with Gasteiger partial charge < -0.3 is 10.1 Å². The van der Waals surface area contributed by atoms with Crippen LogP contribution in [0.2, 0.25) is 0 Å². The fourth-order valence-electron chi connectivity index (χ4n) is 3.10. The maximum Gasteiger partial charge on any atom is 0.341 e. The zero-order valence-electron chi connectivity index (χ0n) is 15.8. The number of benzene rings is 1. The van der Waals surface area contributed by atoms with Crippen molar-refractivity contribution in [3.8, 4) is 0 Å². The molecule has 1 amide bonds. The standard InChI is InChI=1S/C19H21FN2O5S2/c1-2-27-19(24)16-9-12-28-18(16)21-17(23)13-7-10-22(11-8-13)29(25,26)15-5-3-14(20)4-6-15/h3-6,9,12-13H,2,7-8,10-11H2,1H3,(H,21,23). The Morgan fingerprint density at radius 3 is 2.48 bits per heavy atom. The number of rotatable bonds is 6. The predicted octanol–water partition coefficient (Wildman–Crippen LogP) is 3.10. The molecule has 1 fully saturated rings. The number of amides is 1. The Kier molecular flexibility index (Phi) is 6.66. The maximum absolute atomic E-state index is 13.1. The first-order valence-corrected chi connectivity index (χ1v) is 11.5. The van der Waals surface area contributed by atoms with Gasteiger partial charge in [0.05, 0.1) is 17.1 Å². The van der Waals surface area contributed by atoms with E-state index in [1.807, 2.05) is 0 Å². The predicted molar refractivity (Wildman–Crippen MR) is 107 cm³/mol. The fraction of sp³-hybridized carbons (Fsp3) is 0.368. The molecule has 1 aromatic carbocycles. The van der Waals surface area contributed by atoms with E-state index in [0.29, 0.717) is 23.4 Å². The van der Waals surface area contributed by atoms with Gasteiger partial charge in [-0.15, -0.1) is 11.3 Å². The van der Waals surface area contributed by atoms with Crippen LogP contribution in [0.1, 0.15) is 30.1 Å². The second kappa shape index (κ2) is 9.02. The van der Waals surface area contributed by atoms with Crippen molar-refractivity contribution in [1.82, 2.24) is 4.31 Å². The molecule has 0 unspecified atom stereocenters. The molecule has 0 spiro atoms. The van der Waals surface area contributed by atoms with Gasteiger partial charge in [0.1, 0.15) is 10.8 Å². The van der Waals surface area contributed by atoms with Crippen molar-refractivity contribution >= 4 is 38.2 Å². The highest BCUT2D eigenvalue weighted by Crippen LogP contribution is 2.28. The number of halogens is 1. The molecule has 2 aromatic rings. The highest BCUT2D eigenvalue weighted by Gasteiger charge is 2.32. The number of esters is 1. The van der Waals surface area contributed by atoms with Crippen molar-refractivity contribution in [2.75, 3.05) is 25.0 Å². The highest BCUT2D eigenvalue weighted by molar-refractivity contribution is 7.89. The van der Waals surface area contributed by atoms with Crippen LogP contribution in [0, 0.1) is 11.7 Å². The summed E-state index contributed by atoms with van der Waals surface area (Å²) in [6, 6.07) is 6.27. The first-order valence-electron chi connectivity index (χ1n) is 9.14. The van der Waals surface area contributed by atoms with Gasteiger partial charge in [0.2, 0.25) is 15.9 Å². The summed E-state index contributed by atoms with van der Waals surface area (Å²) in [5.41, 5.74) is 0.307. The quantitative estimate of drug-likeness (QED) is 0.697. The van der Waals surface area contributed by atoms with Crippen LogP contribution in [0.15, 0.2) is 40.6 Å². The van der Waals surface area contributed by atoms with Crippen LogP contribution in [-0.2, 0) is 19.6 Å². The fourth-order valence-corrected chi connectivity index (χ4v) is 5.35. The van der Waals surface area contributed by atoms with Crippen LogP contribution < -0.4 is 5.32 Å².